The number of piperidine rings is 1. The molecule has 26 heavy (non-hydrogen) atoms. The molecule has 3 unspecified atom stereocenters. The monoisotopic (exact) mass is 374 g/mol. The molecule has 1 aromatic rings. The summed E-state index contributed by atoms with van der Waals surface area (Å²) < 4.78 is 0. The molecule has 1 aromatic carbocycles. The van der Waals surface area contributed by atoms with E-state index in [2.05, 4.69) is 56.2 Å². The van der Waals surface area contributed by atoms with Crippen LogP contribution in [-0.2, 0) is 0 Å². The average molecular weight is 375 g/mol. The molecular formula is C22H36N3S+. The summed E-state index contributed by atoms with van der Waals surface area (Å²) in [7, 11) is 2.44. The summed E-state index contributed by atoms with van der Waals surface area (Å²) in [6, 6.07) is 8.05. The number of para-hydroxylation sites is 1. The van der Waals surface area contributed by atoms with Crippen molar-refractivity contribution in [3.05, 3.63) is 29.3 Å². The van der Waals surface area contributed by atoms with Crippen LogP contribution in [0.25, 0.3) is 0 Å². The molecule has 1 aliphatic heterocycles. The largest absolute Gasteiger partial charge is 0.349 e. The second kappa shape index (κ2) is 8.71. The zero-order valence-corrected chi connectivity index (χ0v) is 17.8. The van der Waals surface area contributed by atoms with E-state index < -0.39 is 0 Å². The molecule has 1 heterocycles. The number of aryl methyl sites for hydroxylation is 2. The molecule has 1 saturated carbocycles. The van der Waals surface area contributed by atoms with Crippen LogP contribution in [0, 0.1) is 19.8 Å². The van der Waals surface area contributed by atoms with E-state index in [0.29, 0.717) is 0 Å². The van der Waals surface area contributed by atoms with E-state index in [0.717, 1.165) is 36.2 Å². The van der Waals surface area contributed by atoms with Crippen molar-refractivity contribution in [1.29, 1.82) is 0 Å². The summed E-state index contributed by atoms with van der Waals surface area (Å²) in [6.45, 7) is 8.92. The molecule has 3 rings (SSSR count). The highest BCUT2D eigenvalue weighted by Crippen LogP contribution is 2.23. The van der Waals surface area contributed by atoms with E-state index in [4.69, 9.17) is 12.2 Å². The van der Waals surface area contributed by atoms with Gasteiger partial charge in [0.05, 0.1) is 19.1 Å². The zero-order chi connectivity index (χ0) is 18.7. The first kappa shape index (κ1) is 19.6. The van der Waals surface area contributed by atoms with Gasteiger partial charge in [-0.15, -0.1) is 0 Å². The van der Waals surface area contributed by atoms with Gasteiger partial charge in [-0.1, -0.05) is 31.5 Å². The zero-order valence-electron chi connectivity index (χ0n) is 17.0. The maximum absolute atomic E-state index is 5.73. The van der Waals surface area contributed by atoms with E-state index in [9.17, 15) is 0 Å². The topological polar surface area (TPSA) is 19.7 Å². The van der Waals surface area contributed by atoms with Gasteiger partial charge in [-0.25, -0.2) is 0 Å². The number of anilines is 1. The Morgan fingerprint density at radius 2 is 1.69 bits per heavy atom. The number of quaternary nitrogens is 1. The molecule has 0 spiro atoms. The normalized spacial score (nSPS) is 25.8. The number of hydrogen-bond acceptors (Lipinski definition) is 1. The van der Waals surface area contributed by atoms with Gasteiger partial charge < -0.3 is 15.1 Å². The Balaban J connectivity index is 1.54. The minimum Gasteiger partial charge on any atom is -0.349 e. The van der Waals surface area contributed by atoms with Crippen molar-refractivity contribution in [1.82, 2.24) is 4.90 Å². The van der Waals surface area contributed by atoms with E-state index in [1.54, 1.807) is 4.90 Å². The molecule has 3 nitrogen and oxygen atoms in total. The van der Waals surface area contributed by atoms with Crippen molar-refractivity contribution in [3.8, 4) is 0 Å². The lowest BCUT2D eigenvalue weighted by Crippen LogP contribution is -3.17. The van der Waals surface area contributed by atoms with Crippen LogP contribution in [0.15, 0.2) is 18.2 Å². The van der Waals surface area contributed by atoms with Crippen LogP contribution in [0.5, 0.6) is 0 Å². The van der Waals surface area contributed by atoms with Gasteiger partial charge in [0.1, 0.15) is 0 Å². The fourth-order valence-corrected chi connectivity index (χ4v) is 5.32. The van der Waals surface area contributed by atoms with Gasteiger partial charge in [-0.3, -0.25) is 0 Å². The van der Waals surface area contributed by atoms with Crippen molar-refractivity contribution in [2.24, 2.45) is 5.92 Å². The van der Waals surface area contributed by atoms with Crippen LogP contribution in [0.2, 0.25) is 0 Å². The molecule has 0 radical (unpaired) electrons. The number of nitrogens with zero attached hydrogens (tertiary/aromatic N) is 1. The number of benzene rings is 1. The minimum absolute atomic E-state index is 0.791. The van der Waals surface area contributed by atoms with E-state index >= 15 is 0 Å². The summed E-state index contributed by atoms with van der Waals surface area (Å²) in [4.78, 5) is 4.15. The molecule has 1 saturated heterocycles. The van der Waals surface area contributed by atoms with Gasteiger partial charge in [-0.2, -0.15) is 0 Å². The van der Waals surface area contributed by atoms with Gasteiger partial charge in [0.15, 0.2) is 5.11 Å². The fraction of sp³-hybridized carbons (Fsp3) is 0.682. The molecule has 2 N–H and O–H groups in total. The Labute approximate surface area is 165 Å². The molecule has 2 aliphatic rings. The molecule has 3 atom stereocenters. The summed E-state index contributed by atoms with van der Waals surface area (Å²) in [5.74, 6) is 0.883. The highest BCUT2D eigenvalue weighted by molar-refractivity contribution is 7.80. The van der Waals surface area contributed by atoms with Crippen molar-refractivity contribution >= 4 is 23.0 Å². The highest BCUT2D eigenvalue weighted by atomic mass is 32.1. The van der Waals surface area contributed by atoms with Gasteiger partial charge in [0.2, 0.25) is 0 Å². The van der Waals surface area contributed by atoms with Crippen LogP contribution in [0.1, 0.15) is 56.6 Å². The first-order valence-electron chi connectivity index (χ1n) is 10.4. The second-order valence-electron chi connectivity index (χ2n) is 8.57. The van der Waals surface area contributed by atoms with Gasteiger partial charge in [0.25, 0.3) is 0 Å². The third-order valence-electron chi connectivity index (χ3n) is 6.84. The molecule has 1 aliphatic carbocycles. The van der Waals surface area contributed by atoms with Gasteiger partial charge in [0, 0.05) is 37.5 Å². The highest BCUT2D eigenvalue weighted by Gasteiger charge is 2.35. The molecule has 144 valence electrons. The number of likely N-dealkylation sites (tertiary alicyclic amines) is 1. The maximum Gasteiger partial charge on any atom is 0.173 e. The van der Waals surface area contributed by atoms with Gasteiger partial charge >= 0.3 is 0 Å². The average Bonchev–Trinajstić information content (AvgIpc) is 2.65. The van der Waals surface area contributed by atoms with E-state index in [1.165, 1.54) is 55.3 Å². The van der Waals surface area contributed by atoms with Gasteiger partial charge in [-0.05, 0) is 56.5 Å². The summed E-state index contributed by atoms with van der Waals surface area (Å²) >= 11 is 5.73. The Bertz CT molecular complexity index is 602. The lowest BCUT2D eigenvalue weighted by molar-refractivity contribution is -0.937. The number of thiocarbonyl (C=S) groups is 1. The van der Waals surface area contributed by atoms with Crippen molar-refractivity contribution < 1.29 is 4.90 Å². The van der Waals surface area contributed by atoms with Crippen LogP contribution in [0.4, 0.5) is 5.69 Å². The number of hydrogen-bond donors (Lipinski definition) is 2. The van der Waals surface area contributed by atoms with Crippen molar-refractivity contribution in [3.63, 3.8) is 0 Å². The van der Waals surface area contributed by atoms with Crippen LogP contribution < -0.4 is 10.2 Å². The quantitative estimate of drug-likeness (QED) is 0.790. The Morgan fingerprint density at radius 3 is 2.31 bits per heavy atom. The Kier molecular flexibility index (Phi) is 6.57. The predicted octanol–water partition coefficient (Wildman–Crippen LogP) is 3.56. The van der Waals surface area contributed by atoms with Crippen molar-refractivity contribution in [2.45, 2.75) is 71.4 Å². The lowest BCUT2D eigenvalue weighted by atomic mass is 9.84. The third kappa shape index (κ3) is 4.40. The predicted molar refractivity (Wildman–Crippen MR) is 115 cm³/mol. The van der Waals surface area contributed by atoms with Crippen LogP contribution >= 0.6 is 12.2 Å². The molecular weight excluding hydrogens is 338 g/mol. The van der Waals surface area contributed by atoms with Crippen molar-refractivity contribution in [2.75, 3.05) is 25.5 Å². The Hall–Kier alpha value is -1.13. The molecule has 4 heteroatoms. The third-order valence-corrected chi connectivity index (χ3v) is 7.20. The lowest BCUT2D eigenvalue weighted by Gasteiger charge is -2.41. The standard InChI is InChI=1S/C22H35N3S/c1-16-8-5-6-11-20(16)24(4)19-12-14-25(15-13-19)22(26)23-21-17(2)9-7-10-18(21)3/h7,9-10,16,19-20H,5-6,8,11-15H2,1-4H3,(H,23,26)/p+1. The Morgan fingerprint density at radius 1 is 1.08 bits per heavy atom. The number of nitrogens with one attached hydrogen (secondary N) is 2. The molecule has 0 aromatic heterocycles. The number of rotatable bonds is 3. The molecule has 2 fully saturated rings. The van der Waals surface area contributed by atoms with Crippen LogP contribution in [0.3, 0.4) is 0 Å². The summed E-state index contributed by atoms with van der Waals surface area (Å²) in [5, 5.41) is 4.41. The van der Waals surface area contributed by atoms with Crippen LogP contribution in [-0.4, -0.2) is 42.2 Å². The first-order chi connectivity index (χ1) is 12.5. The summed E-state index contributed by atoms with van der Waals surface area (Å²) in [6.07, 6.45) is 8.20. The second-order valence-corrected chi connectivity index (χ2v) is 8.96. The first-order valence-corrected chi connectivity index (χ1v) is 10.8. The smallest absolute Gasteiger partial charge is 0.173 e. The maximum atomic E-state index is 5.73. The minimum atomic E-state index is 0.791. The molecule has 0 amide bonds. The van der Waals surface area contributed by atoms with E-state index in [-0.39, 0.29) is 0 Å². The molecule has 0 bridgehead atoms. The fourth-order valence-electron chi connectivity index (χ4n) is 5.03. The SMILES string of the molecule is Cc1cccc(C)c1NC(=S)N1CCC([NH+](C)C2CCCCC2C)CC1. The summed E-state index contributed by atoms with van der Waals surface area (Å²) in [5.41, 5.74) is 3.70. The van der Waals surface area contributed by atoms with E-state index in [1.807, 2.05) is 0 Å².